The first-order valence-corrected chi connectivity index (χ1v) is 7.77. The average Bonchev–Trinajstić information content (AvgIpc) is 3.01. The first-order valence-electron chi connectivity index (χ1n) is 6.89. The van der Waals surface area contributed by atoms with Crippen LogP contribution >= 0.6 is 11.3 Å². The van der Waals surface area contributed by atoms with Crippen LogP contribution in [-0.4, -0.2) is 37.0 Å². The van der Waals surface area contributed by atoms with E-state index in [9.17, 15) is 4.79 Å². The van der Waals surface area contributed by atoms with Crippen LogP contribution < -0.4 is 4.90 Å². The molecule has 4 heteroatoms. The Labute approximate surface area is 123 Å². The van der Waals surface area contributed by atoms with E-state index in [1.165, 1.54) is 22.6 Å². The number of amides is 1. The zero-order valence-electron chi connectivity index (χ0n) is 11.6. The standard InChI is InChI=1S/C16H18N2OS/c1-13-5-2-3-6-14(13)17-8-10-18(11-9-17)16(19)15-7-4-12-20-15/h2-7,12H,8-11H2,1H3. The number of carbonyl (C=O) groups excluding carboxylic acids is 1. The number of para-hydroxylation sites is 1. The molecule has 2 heterocycles. The molecule has 0 saturated carbocycles. The van der Waals surface area contributed by atoms with E-state index in [1.807, 2.05) is 22.4 Å². The summed E-state index contributed by atoms with van der Waals surface area (Å²) in [5, 5.41) is 1.96. The zero-order valence-corrected chi connectivity index (χ0v) is 12.4. The number of hydrogen-bond donors (Lipinski definition) is 0. The lowest BCUT2D eigenvalue weighted by molar-refractivity contribution is 0.0751. The van der Waals surface area contributed by atoms with Gasteiger partial charge in [0, 0.05) is 31.9 Å². The average molecular weight is 286 g/mol. The maximum atomic E-state index is 12.3. The molecule has 1 amide bonds. The SMILES string of the molecule is Cc1ccccc1N1CCN(C(=O)c2cccs2)CC1. The van der Waals surface area contributed by atoms with Crippen molar-refractivity contribution in [1.29, 1.82) is 0 Å². The maximum Gasteiger partial charge on any atom is 0.264 e. The van der Waals surface area contributed by atoms with Gasteiger partial charge in [-0.25, -0.2) is 0 Å². The van der Waals surface area contributed by atoms with Crippen molar-refractivity contribution in [2.24, 2.45) is 0 Å². The third kappa shape index (κ3) is 2.56. The van der Waals surface area contributed by atoms with Crippen LogP contribution in [0.3, 0.4) is 0 Å². The topological polar surface area (TPSA) is 23.6 Å². The number of thiophene rings is 1. The lowest BCUT2D eigenvalue weighted by atomic mass is 10.1. The highest BCUT2D eigenvalue weighted by Gasteiger charge is 2.23. The van der Waals surface area contributed by atoms with E-state index < -0.39 is 0 Å². The van der Waals surface area contributed by atoms with Gasteiger partial charge in [-0.2, -0.15) is 0 Å². The van der Waals surface area contributed by atoms with Gasteiger partial charge in [0.25, 0.3) is 5.91 Å². The zero-order chi connectivity index (χ0) is 13.9. The summed E-state index contributed by atoms with van der Waals surface area (Å²) in [4.78, 5) is 17.5. The third-order valence-corrected chi connectivity index (χ3v) is 4.61. The monoisotopic (exact) mass is 286 g/mol. The normalized spacial score (nSPS) is 15.4. The fourth-order valence-corrected chi connectivity index (χ4v) is 3.32. The molecule has 0 spiro atoms. The molecule has 3 rings (SSSR count). The molecule has 0 unspecified atom stereocenters. The number of aryl methyl sites for hydroxylation is 1. The van der Waals surface area contributed by atoms with Crippen LogP contribution in [0.2, 0.25) is 0 Å². The summed E-state index contributed by atoms with van der Waals surface area (Å²) in [6.07, 6.45) is 0. The maximum absolute atomic E-state index is 12.3. The summed E-state index contributed by atoms with van der Waals surface area (Å²) in [6.45, 7) is 5.54. The predicted octanol–water partition coefficient (Wildman–Crippen LogP) is 3.02. The van der Waals surface area contributed by atoms with Gasteiger partial charge in [-0.1, -0.05) is 24.3 Å². The minimum atomic E-state index is 0.171. The summed E-state index contributed by atoms with van der Waals surface area (Å²) in [5.74, 6) is 0.171. The predicted molar refractivity (Wildman–Crippen MR) is 83.6 cm³/mol. The quantitative estimate of drug-likeness (QED) is 0.847. The Morgan fingerprint density at radius 2 is 1.80 bits per heavy atom. The van der Waals surface area contributed by atoms with Crippen molar-refractivity contribution < 1.29 is 4.79 Å². The van der Waals surface area contributed by atoms with Crippen LogP contribution in [0.5, 0.6) is 0 Å². The number of hydrogen-bond acceptors (Lipinski definition) is 3. The summed E-state index contributed by atoms with van der Waals surface area (Å²) in [5.41, 5.74) is 2.58. The molecule has 104 valence electrons. The van der Waals surface area contributed by atoms with Gasteiger partial charge in [-0.05, 0) is 30.0 Å². The summed E-state index contributed by atoms with van der Waals surface area (Å²) in [7, 11) is 0. The molecular weight excluding hydrogens is 268 g/mol. The Hall–Kier alpha value is -1.81. The van der Waals surface area contributed by atoms with E-state index in [1.54, 1.807) is 0 Å². The van der Waals surface area contributed by atoms with Crippen LogP contribution in [0.25, 0.3) is 0 Å². The molecular formula is C16H18N2OS. The molecule has 1 aliphatic rings. The van der Waals surface area contributed by atoms with Crippen molar-refractivity contribution in [2.45, 2.75) is 6.92 Å². The van der Waals surface area contributed by atoms with Crippen molar-refractivity contribution in [3.63, 3.8) is 0 Å². The van der Waals surface area contributed by atoms with E-state index in [0.29, 0.717) is 0 Å². The molecule has 20 heavy (non-hydrogen) atoms. The van der Waals surface area contributed by atoms with Gasteiger partial charge in [0.15, 0.2) is 0 Å². The fraction of sp³-hybridized carbons (Fsp3) is 0.312. The fourth-order valence-electron chi connectivity index (χ4n) is 2.62. The molecule has 3 nitrogen and oxygen atoms in total. The molecule has 0 bridgehead atoms. The third-order valence-electron chi connectivity index (χ3n) is 3.75. The minimum absolute atomic E-state index is 0.171. The van der Waals surface area contributed by atoms with E-state index in [-0.39, 0.29) is 5.91 Å². The molecule has 1 aromatic heterocycles. The molecule has 1 saturated heterocycles. The number of anilines is 1. The molecule has 0 aliphatic carbocycles. The first kappa shape index (κ1) is 13.2. The van der Waals surface area contributed by atoms with Crippen molar-refractivity contribution in [1.82, 2.24) is 4.90 Å². The van der Waals surface area contributed by atoms with E-state index in [2.05, 4.69) is 36.1 Å². The van der Waals surface area contributed by atoms with Gasteiger partial charge in [0.05, 0.1) is 4.88 Å². The van der Waals surface area contributed by atoms with Gasteiger partial charge in [0.2, 0.25) is 0 Å². The van der Waals surface area contributed by atoms with Crippen molar-refractivity contribution in [3.8, 4) is 0 Å². The largest absolute Gasteiger partial charge is 0.368 e. The Morgan fingerprint density at radius 3 is 2.45 bits per heavy atom. The lowest BCUT2D eigenvalue weighted by Gasteiger charge is -2.36. The highest BCUT2D eigenvalue weighted by Crippen LogP contribution is 2.21. The molecule has 0 atom stereocenters. The molecule has 1 aromatic carbocycles. The van der Waals surface area contributed by atoms with Gasteiger partial charge < -0.3 is 9.80 Å². The van der Waals surface area contributed by atoms with E-state index in [4.69, 9.17) is 0 Å². The molecule has 0 N–H and O–H groups in total. The van der Waals surface area contributed by atoms with Crippen LogP contribution in [0.15, 0.2) is 41.8 Å². The molecule has 0 radical (unpaired) electrons. The number of nitrogens with zero attached hydrogens (tertiary/aromatic N) is 2. The summed E-state index contributed by atoms with van der Waals surface area (Å²) >= 11 is 1.52. The number of piperazine rings is 1. The molecule has 1 fully saturated rings. The van der Waals surface area contributed by atoms with Crippen LogP contribution in [0, 0.1) is 6.92 Å². The Kier molecular flexibility index (Phi) is 3.74. The number of carbonyl (C=O) groups is 1. The van der Waals surface area contributed by atoms with Crippen LogP contribution in [0.4, 0.5) is 5.69 Å². The Morgan fingerprint density at radius 1 is 1.05 bits per heavy atom. The van der Waals surface area contributed by atoms with Gasteiger partial charge >= 0.3 is 0 Å². The second-order valence-corrected chi connectivity index (χ2v) is 5.99. The first-order chi connectivity index (χ1) is 9.75. The van der Waals surface area contributed by atoms with Crippen molar-refractivity contribution in [3.05, 3.63) is 52.2 Å². The van der Waals surface area contributed by atoms with Gasteiger partial charge in [-0.15, -0.1) is 11.3 Å². The highest BCUT2D eigenvalue weighted by atomic mass is 32.1. The second-order valence-electron chi connectivity index (χ2n) is 5.04. The lowest BCUT2D eigenvalue weighted by Crippen LogP contribution is -2.48. The van der Waals surface area contributed by atoms with E-state index in [0.717, 1.165) is 31.1 Å². The van der Waals surface area contributed by atoms with Crippen LogP contribution in [-0.2, 0) is 0 Å². The minimum Gasteiger partial charge on any atom is -0.368 e. The summed E-state index contributed by atoms with van der Waals surface area (Å²) in [6, 6.07) is 12.3. The number of benzene rings is 1. The Bertz CT molecular complexity index is 586. The summed E-state index contributed by atoms with van der Waals surface area (Å²) < 4.78 is 0. The molecule has 2 aromatic rings. The number of rotatable bonds is 2. The van der Waals surface area contributed by atoms with Gasteiger partial charge in [0.1, 0.15) is 0 Å². The second kappa shape index (κ2) is 5.67. The van der Waals surface area contributed by atoms with Crippen LogP contribution in [0.1, 0.15) is 15.2 Å². The Balaban J connectivity index is 1.65. The van der Waals surface area contributed by atoms with Crippen molar-refractivity contribution in [2.75, 3.05) is 31.1 Å². The highest BCUT2D eigenvalue weighted by molar-refractivity contribution is 7.12. The van der Waals surface area contributed by atoms with E-state index >= 15 is 0 Å². The van der Waals surface area contributed by atoms with Gasteiger partial charge in [-0.3, -0.25) is 4.79 Å². The molecule has 1 aliphatic heterocycles. The smallest absolute Gasteiger partial charge is 0.264 e. The van der Waals surface area contributed by atoms with Crippen molar-refractivity contribution >= 4 is 22.9 Å².